The first-order valence-corrected chi connectivity index (χ1v) is 7.80. The van der Waals surface area contributed by atoms with Crippen molar-refractivity contribution in [2.24, 2.45) is 0 Å². The van der Waals surface area contributed by atoms with Crippen molar-refractivity contribution >= 4 is 5.91 Å². The van der Waals surface area contributed by atoms with E-state index >= 15 is 0 Å². The first kappa shape index (κ1) is 17.1. The lowest BCUT2D eigenvalue weighted by Crippen LogP contribution is -2.35. The highest BCUT2D eigenvalue weighted by atomic mass is 16.5. The summed E-state index contributed by atoms with van der Waals surface area (Å²) < 4.78 is 4.87. The van der Waals surface area contributed by atoms with Crippen LogP contribution in [-0.4, -0.2) is 41.6 Å². The number of amides is 1. The minimum Gasteiger partial charge on any atom is -0.354 e. The summed E-state index contributed by atoms with van der Waals surface area (Å²) in [4.78, 5) is 18.2. The topological polar surface area (TPSA) is 71.3 Å². The molecule has 1 atom stereocenters. The molecule has 0 aliphatic carbocycles. The molecule has 1 aromatic carbocycles. The van der Waals surface area contributed by atoms with Crippen LogP contribution in [0.4, 0.5) is 0 Å². The third-order valence-corrected chi connectivity index (χ3v) is 3.78. The van der Waals surface area contributed by atoms with E-state index in [9.17, 15) is 4.79 Å². The Balaban J connectivity index is 1.94. The Kier molecular flexibility index (Phi) is 5.87. The molecule has 0 saturated carbocycles. The smallest absolute Gasteiger partial charge is 0.227 e. The minimum atomic E-state index is -0.108. The zero-order valence-electron chi connectivity index (χ0n) is 14.2. The van der Waals surface area contributed by atoms with E-state index < -0.39 is 0 Å². The quantitative estimate of drug-likeness (QED) is 0.845. The second-order valence-electron chi connectivity index (χ2n) is 5.79. The molecule has 1 aromatic heterocycles. The number of rotatable bonds is 7. The number of nitrogens with one attached hydrogen (secondary N) is 1. The van der Waals surface area contributed by atoms with Crippen molar-refractivity contribution in [2.45, 2.75) is 32.7 Å². The van der Waals surface area contributed by atoms with Crippen LogP contribution in [0.25, 0.3) is 0 Å². The molecule has 2 rings (SSSR count). The second-order valence-corrected chi connectivity index (χ2v) is 5.79. The fourth-order valence-electron chi connectivity index (χ4n) is 2.40. The summed E-state index contributed by atoms with van der Waals surface area (Å²) >= 11 is 0. The molecule has 1 N–H and O–H groups in total. The molecule has 1 unspecified atom stereocenters. The highest BCUT2D eigenvalue weighted by Crippen LogP contribution is 2.18. The number of carbonyl (C=O) groups excluding carboxylic acids is 1. The van der Waals surface area contributed by atoms with E-state index in [-0.39, 0.29) is 18.4 Å². The predicted octanol–water partition coefficient (Wildman–Crippen LogP) is 1.90. The Morgan fingerprint density at radius 3 is 2.52 bits per heavy atom. The van der Waals surface area contributed by atoms with E-state index in [2.05, 4.69) is 51.5 Å². The Morgan fingerprint density at radius 1 is 1.30 bits per heavy atom. The molecule has 6 nitrogen and oxygen atoms in total. The van der Waals surface area contributed by atoms with E-state index in [0.29, 0.717) is 18.3 Å². The van der Waals surface area contributed by atoms with Crippen molar-refractivity contribution < 1.29 is 9.32 Å². The molecule has 1 heterocycles. The lowest BCUT2D eigenvalue weighted by Gasteiger charge is -2.25. The molecule has 0 saturated heterocycles. The largest absolute Gasteiger partial charge is 0.354 e. The van der Waals surface area contributed by atoms with Crippen LogP contribution in [0.3, 0.4) is 0 Å². The maximum absolute atomic E-state index is 12.0. The molecule has 0 aliphatic rings. The molecule has 124 valence electrons. The third-order valence-electron chi connectivity index (χ3n) is 3.78. The van der Waals surface area contributed by atoms with Gasteiger partial charge in [0, 0.05) is 13.5 Å². The van der Waals surface area contributed by atoms with Gasteiger partial charge >= 0.3 is 0 Å². The van der Waals surface area contributed by atoms with Crippen molar-refractivity contribution in [1.82, 2.24) is 20.4 Å². The maximum atomic E-state index is 12.0. The molecule has 0 aliphatic heterocycles. The number of hydrogen-bond acceptors (Lipinski definition) is 5. The van der Waals surface area contributed by atoms with Gasteiger partial charge in [-0.05, 0) is 31.6 Å². The van der Waals surface area contributed by atoms with Gasteiger partial charge in [-0.2, -0.15) is 4.98 Å². The average Bonchev–Trinajstić information content (AvgIpc) is 2.92. The fourth-order valence-corrected chi connectivity index (χ4v) is 2.40. The molecule has 2 aromatic rings. The van der Waals surface area contributed by atoms with E-state index in [1.165, 1.54) is 11.1 Å². The molecule has 0 bridgehead atoms. The van der Waals surface area contributed by atoms with Crippen LogP contribution in [-0.2, 0) is 17.6 Å². The molecular formula is C17H24N4O2. The second kappa shape index (κ2) is 7.87. The molecule has 0 radical (unpaired) electrons. The number of benzene rings is 1. The molecular weight excluding hydrogens is 292 g/mol. The van der Waals surface area contributed by atoms with E-state index in [4.69, 9.17) is 4.52 Å². The van der Waals surface area contributed by atoms with E-state index in [0.717, 1.165) is 6.42 Å². The SMILES string of the molecule is CCc1ccc(C(CNC(=O)Cc2noc(C)n2)N(C)C)cc1. The van der Waals surface area contributed by atoms with Crippen molar-refractivity contribution in [1.29, 1.82) is 0 Å². The number of carbonyl (C=O) groups is 1. The molecule has 0 fully saturated rings. The Bertz CT molecular complexity index is 634. The first-order valence-electron chi connectivity index (χ1n) is 7.80. The summed E-state index contributed by atoms with van der Waals surface area (Å²) in [6, 6.07) is 8.64. The third kappa shape index (κ3) is 4.89. The Morgan fingerprint density at radius 2 is 2.00 bits per heavy atom. The zero-order chi connectivity index (χ0) is 16.8. The number of likely N-dealkylation sites (N-methyl/N-ethyl adjacent to an activating group) is 1. The number of aryl methyl sites for hydroxylation is 2. The predicted molar refractivity (Wildman–Crippen MR) is 88.0 cm³/mol. The van der Waals surface area contributed by atoms with Gasteiger partial charge < -0.3 is 14.7 Å². The zero-order valence-corrected chi connectivity index (χ0v) is 14.2. The van der Waals surface area contributed by atoms with Crippen molar-refractivity contribution in [2.75, 3.05) is 20.6 Å². The number of hydrogen-bond donors (Lipinski definition) is 1. The van der Waals surface area contributed by atoms with Crippen molar-refractivity contribution in [3.05, 3.63) is 47.1 Å². The number of nitrogens with zero attached hydrogens (tertiary/aromatic N) is 3. The van der Waals surface area contributed by atoms with Gasteiger partial charge in [0.15, 0.2) is 5.82 Å². The van der Waals surface area contributed by atoms with Gasteiger partial charge in [-0.25, -0.2) is 0 Å². The summed E-state index contributed by atoms with van der Waals surface area (Å²) in [5.74, 6) is 0.770. The lowest BCUT2D eigenvalue weighted by molar-refractivity contribution is -0.120. The van der Waals surface area contributed by atoms with Crippen molar-refractivity contribution in [3.8, 4) is 0 Å². The fraction of sp³-hybridized carbons (Fsp3) is 0.471. The van der Waals surface area contributed by atoms with E-state index in [1.807, 2.05) is 14.1 Å². The molecule has 23 heavy (non-hydrogen) atoms. The lowest BCUT2D eigenvalue weighted by atomic mass is 10.0. The molecule has 1 amide bonds. The van der Waals surface area contributed by atoms with Gasteiger partial charge in [0.1, 0.15) is 0 Å². The summed E-state index contributed by atoms with van der Waals surface area (Å²) in [6.07, 6.45) is 1.15. The van der Waals surface area contributed by atoms with Crippen LogP contribution >= 0.6 is 0 Å². The van der Waals surface area contributed by atoms with Gasteiger partial charge in [0.25, 0.3) is 0 Å². The van der Waals surface area contributed by atoms with Gasteiger partial charge in [0.05, 0.1) is 12.5 Å². The average molecular weight is 316 g/mol. The maximum Gasteiger partial charge on any atom is 0.227 e. The van der Waals surface area contributed by atoms with Crippen LogP contribution in [0, 0.1) is 6.92 Å². The Hall–Kier alpha value is -2.21. The summed E-state index contributed by atoms with van der Waals surface area (Å²) in [5.41, 5.74) is 2.49. The summed E-state index contributed by atoms with van der Waals surface area (Å²) in [7, 11) is 4.01. The normalized spacial score (nSPS) is 12.4. The van der Waals surface area contributed by atoms with Gasteiger partial charge in [-0.1, -0.05) is 36.3 Å². The van der Waals surface area contributed by atoms with Gasteiger partial charge in [0.2, 0.25) is 11.8 Å². The summed E-state index contributed by atoms with van der Waals surface area (Å²) in [6.45, 7) is 4.38. The van der Waals surface area contributed by atoms with Crippen LogP contribution in [0.15, 0.2) is 28.8 Å². The van der Waals surface area contributed by atoms with Crippen molar-refractivity contribution in [3.63, 3.8) is 0 Å². The minimum absolute atomic E-state index is 0.108. The molecule has 6 heteroatoms. The van der Waals surface area contributed by atoms with Gasteiger partial charge in [-0.3, -0.25) is 4.79 Å². The highest BCUT2D eigenvalue weighted by Gasteiger charge is 2.16. The van der Waals surface area contributed by atoms with Crippen LogP contribution in [0.5, 0.6) is 0 Å². The summed E-state index contributed by atoms with van der Waals surface area (Å²) in [5, 5.41) is 6.68. The monoisotopic (exact) mass is 316 g/mol. The highest BCUT2D eigenvalue weighted by molar-refractivity contribution is 5.77. The first-order chi connectivity index (χ1) is 11.0. The van der Waals surface area contributed by atoms with E-state index in [1.54, 1.807) is 6.92 Å². The van der Waals surface area contributed by atoms with Crippen LogP contribution in [0.1, 0.15) is 35.8 Å². The number of aromatic nitrogens is 2. The molecule has 0 spiro atoms. The van der Waals surface area contributed by atoms with Crippen LogP contribution < -0.4 is 5.32 Å². The van der Waals surface area contributed by atoms with Crippen LogP contribution in [0.2, 0.25) is 0 Å². The van der Waals surface area contributed by atoms with Gasteiger partial charge in [-0.15, -0.1) is 0 Å². The Labute approximate surface area is 136 Å². The standard InChI is InChI=1S/C17H24N4O2/c1-5-13-6-8-14(9-7-13)15(21(3)4)11-18-17(22)10-16-19-12(2)23-20-16/h6-9,15H,5,10-11H2,1-4H3,(H,18,22).